The summed E-state index contributed by atoms with van der Waals surface area (Å²) in [4.78, 5) is 17.0. The topological polar surface area (TPSA) is 62.7 Å². The highest BCUT2D eigenvalue weighted by Crippen LogP contribution is 2.12. The largest absolute Gasteiger partial charge is 0.479 e. The zero-order valence-electron chi connectivity index (χ0n) is 8.13. The van der Waals surface area contributed by atoms with Gasteiger partial charge in [-0.1, -0.05) is 0 Å². The normalized spacial score (nSPS) is 22.8. The highest BCUT2D eigenvalue weighted by atomic mass is 32.1. The molecule has 0 amide bonds. The van der Waals surface area contributed by atoms with Crippen molar-refractivity contribution in [3.05, 3.63) is 16.6 Å². The van der Waals surface area contributed by atoms with Crippen molar-refractivity contribution in [1.82, 2.24) is 9.88 Å². The molecule has 2 rings (SSSR count). The van der Waals surface area contributed by atoms with Crippen LogP contribution in [0.5, 0.6) is 0 Å². The van der Waals surface area contributed by atoms with Crippen molar-refractivity contribution >= 4 is 17.3 Å². The fourth-order valence-electron chi connectivity index (χ4n) is 1.52. The predicted molar refractivity (Wildman–Crippen MR) is 54.8 cm³/mol. The lowest BCUT2D eigenvalue weighted by Crippen LogP contribution is -2.45. The molecule has 1 aliphatic rings. The van der Waals surface area contributed by atoms with E-state index >= 15 is 0 Å². The molecule has 5 nitrogen and oxygen atoms in total. The Morgan fingerprint density at radius 2 is 2.67 bits per heavy atom. The summed E-state index contributed by atoms with van der Waals surface area (Å²) < 4.78 is 5.13. The number of ether oxygens (including phenoxy) is 1. The van der Waals surface area contributed by atoms with E-state index in [0.29, 0.717) is 19.7 Å². The lowest BCUT2D eigenvalue weighted by molar-refractivity contribution is -0.156. The number of carbonyl (C=O) groups is 1. The third kappa shape index (κ3) is 2.74. The van der Waals surface area contributed by atoms with Crippen molar-refractivity contribution < 1.29 is 14.6 Å². The number of carboxylic acid groups (broad SMARTS) is 1. The number of hydrogen-bond donors (Lipinski definition) is 1. The van der Waals surface area contributed by atoms with E-state index in [0.717, 1.165) is 11.6 Å². The fourth-order valence-corrected chi connectivity index (χ4v) is 2.18. The van der Waals surface area contributed by atoms with E-state index in [1.165, 1.54) is 0 Å². The average Bonchev–Trinajstić information content (AvgIpc) is 2.71. The molecule has 0 radical (unpaired) electrons. The molecule has 82 valence electrons. The minimum atomic E-state index is -0.890. The number of thiazole rings is 1. The Morgan fingerprint density at radius 3 is 3.33 bits per heavy atom. The number of nitrogens with zero attached hydrogens (tertiary/aromatic N) is 2. The van der Waals surface area contributed by atoms with Crippen LogP contribution in [0.15, 0.2) is 11.6 Å². The van der Waals surface area contributed by atoms with Crippen molar-refractivity contribution in [3.8, 4) is 0 Å². The predicted octanol–water partition coefficient (Wildman–Crippen LogP) is 0.428. The van der Waals surface area contributed by atoms with Crippen LogP contribution in [-0.2, 0) is 16.1 Å². The molecule has 6 heteroatoms. The Kier molecular flexibility index (Phi) is 3.30. The molecule has 0 spiro atoms. The van der Waals surface area contributed by atoms with Gasteiger partial charge in [0.1, 0.15) is 5.01 Å². The van der Waals surface area contributed by atoms with Gasteiger partial charge in [-0.25, -0.2) is 9.78 Å². The highest BCUT2D eigenvalue weighted by Gasteiger charge is 2.26. The molecule has 1 atom stereocenters. The van der Waals surface area contributed by atoms with Gasteiger partial charge in [-0.2, -0.15) is 0 Å². The van der Waals surface area contributed by atoms with E-state index < -0.39 is 12.1 Å². The second-order valence-electron chi connectivity index (χ2n) is 3.36. The number of hydrogen-bond acceptors (Lipinski definition) is 5. The van der Waals surface area contributed by atoms with Crippen LogP contribution in [0.25, 0.3) is 0 Å². The van der Waals surface area contributed by atoms with Crippen LogP contribution < -0.4 is 0 Å². The minimum absolute atomic E-state index is 0.439. The third-order valence-corrected chi connectivity index (χ3v) is 3.03. The summed E-state index contributed by atoms with van der Waals surface area (Å²) >= 11 is 1.59. The Morgan fingerprint density at radius 1 is 1.80 bits per heavy atom. The first-order valence-corrected chi connectivity index (χ1v) is 5.59. The van der Waals surface area contributed by atoms with E-state index in [4.69, 9.17) is 9.84 Å². The molecule has 15 heavy (non-hydrogen) atoms. The van der Waals surface area contributed by atoms with Gasteiger partial charge in [0.25, 0.3) is 0 Å². The lowest BCUT2D eigenvalue weighted by atomic mass is 10.3. The number of aromatic nitrogens is 1. The summed E-state index contributed by atoms with van der Waals surface area (Å²) in [5, 5.41) is 11.8. The minimum Gasteiger partial charge on any atom is -0.479 e. The molecular formula is C9H12N2O3S. The maximum atomic E-state index is 10.7. The van der Waals surface area contributed by atoms with Gasteiger partial charge in [0.15, 0.2) is 6.10 Å². The van der Waals surface area contributed by atoms with E-state index in [1.807, 2.05) is 5.38 Å². The van der Waals surface area contributed by atoms with Crippen LogP contribution in [0.4, 0.5) is 0 Å². The molecule has 1 fully saturated rings. The van der Waals surface area contributed by atoms with Crippen LogP contribution in [0, 0.1) is 0 Å². The zero-order valence-corrected chi connectivity index (χ0v) is 8.94. The van der Waals surface area contributed by atoms with Gasteiger partial charge in [0.05, 0.1) is 13.2 Å². The monoisotopic (exact) mass is 228 g/mol. The lowest BCUT2D eigenvalue weighted by Gasteiger charge is -2.29. The summed E-state index contributed by atoms with van der Waals surface area (Å²) in [7, 11) is 0. The summed E-state index contributed by atoms with van der Waals surface area (Å²) in [6, 6.07) is 0. The van der Waals surface area contributed by atoms with Crippen molar-refractivity contribution in [2.24, 2.45) is 0 Å². The van der Waals surface area contributed by atoms with Gasteiger partial charge in [0, 0.05) is 24.7 Å². The summed E-state index contributed by atoms with van der Waals surface area (Å²) in [6.07, 6.45) is 1.06. The second kappa shape index (κ2) is 4.69. The third-order valence-electron chi connectivity index (χ3n) is 2.27. The Bertz CT molecular complexity index is 328. The highest BCUT2D eigenvalue weighted by molar-refractivity contribution is 7.09. The standard InChI is InChI=1S/C9H12N2O3S/c12-9(13)7-5-11(2-3-14-7)6-8-10-1-4-15-8/h1,4,7H,2-3,5-6H2,(H,12,13). The van der Waals surface area contributed by atoms with Crippen LogP contribution >= 0.6 is 11.3 Å². The van der Waals surface area contributed by atoms with Crippen LogP contribution in [-0.4, -0.2) is 46.8 Å². The van der Waals surface area contributed by atoms with Crippen LogP contribution in [0.2, 0.25) is 0 Å². The van der Waals surface area contributed by atoms with Gasteiger partial charge in [0.2, 0.25) is 0 Å². The smallest absolute Gasteiger partial charge is 0.334 e. The molecule has 1 N–H and O–H groups in total. The van der Waals surface area contributed by atoms with Gasteiger partial charge in [-0.05, 0) is 0 Å². The molecule has 0 bridgehead atoms. The van der Waals surface area contributed by atoms with Crippen LogP contribution in [0.1, 0.15) is 5.01 Å². The van der Waals surface area contributed by atoms with Crippen molar-refractivity contribution in [2.45, 2.75) is 12.6 Å². The molecule has 1 aliphatic heterocycles. The van der Waals surface area contributed by atoms with Crippen LogP contribution in [0.3, 0.4) is 0 Å². The first kappa shape index (κ1) is 10.5. The maximum Gasteiger partial charge on any atom is 0.334 e. The molecule has 1 saturated heterocycles. The molecular weight excluding hydrogens is 216 g/mol. The first-order valence-electron chi connectivity index (χ1n) is 4.71. The van der Waals surface area contributed by atoms with E-state index in [1.54, 1.807) is 17.5 Å². The van der Waals surface area contributed by atoms with E-state index in [2.05, 4.69) is 9.88 Å². The summed E-state index contributed by atoms with van der Waals surface area (Å²) in [5.74, 6) is -0.890. The van der Waals surface area contributed by atoms with Crippen molar-refractivity contribution in [3.63, 3.8) is 0 Å². The molecule has 1 aromatic rings. The molecule has 0 saturated carbocycles. The number of aliphatic carboxylic acids is 1. The fraction of sp³-hybridized carbons (Fsp3) is 0.556. The summed E-state index contributed by atoms with van der Waals surface area (Å²) in [6.45, 7) is 2.39. The quantitative estimate of drug-likeness (QED) is 0.812. The van der Waals surface area contributed by atoms with E-state index in [9.17, 15) is 4.79 Å². The Labute approximate surface area is 91.3 Å². The maximum absolute atomic E-state index is 10.7. The van der Waals surface area contributed by atoms with Gasteiger partial charge in [-0.15, -0.1) is 11.3 Å². The van der Waals surface area contributed by atoms with Gasteiger partial charge >= 0.3 is 5.97 Å². The SMILES string of the molecule is O=C(O)C1CN(Cc2nccs2)CCO1. The number of carboxylic acids is 1. The van der Waals surface area contributed by atoms with E-state index in [-0.39, 0.29) is 0 Å². The van der Waals surface area contributed by atoms with Crippen molar-refractivity contribution in [1.29, 1.82) is 0 Å². The number of morpholine rings is 1. The Hall–Kier alpha value is -0.980. The Balaban J connectivity index is 1.90. The molecule has 2 heterocycles. The molecule has 1 aromatic heterocycles. The number of rotatable bonds is 3. The second-order valence-corrected chi connectivity index (χ2v) is 4.34. The molecule has 0 aromatic carbocycles. The molecule has 0 aliphatic carbocycles. The van der Waals surface area contributed by atoms with Crippen molar-refractivity contribution in [2.75, 3.05) is 19.7 Å². The average molecular weight is 228 g/mol. The first-order chi connectivity index (χ1) is 7.25. The molecule has 1 unspecified atom stereocenters. The van der Waals surface area contributed by atoms with Gasteiger partial charge < -0.3 is 9.84 Å². The summed E-state index contributed by atoms with van der Waals surface area (Å²) in [5.41, 5.74) is 0. The zero-order chi connectivity index (χ0) is 10.7. The van der Waals surface area contributed by atoms with Gasteiger partial charge in [-0.3, -0.25) is 4.90 Å².